The van der Waals surface area contributed by atoms with Gasteiger partial charge >= 0.3 is 12.1 Å². The van der Waals surface area contributed by atoms with Crippen LogP contribution < -0.4 is 5.32 Å². The number of rotatable bonds is 18. The molecule has 6 atom stereocenters. The summed E-state index contributed by atoms with van der Waals surface area (Å²) < 4.78 is 11.0. The second kappa shape index (κ2) is 17.8. The minimum absolute atomic E-state index is 0.0261. The standard InChI is InChI=1S/C32H52N2O7/c1-10-22(6)28(26(40-9)18-27(36)37)23(7)16-17-25(35)29(20(2)3)33-31(38)30(21(4)5)34(8)32(39)41-19-24-14-12-11-13-15-24/h11-15,20-23,26,28-30H,10,16-19H2,1-9H3,(H,33,38)(H,36,37)/t22-,23+,26+,28?,29-,30-/m0/s1. The Hall–Kier alpha value is -2.94. The number of methoxy groups -OCH3 is 1. The highest BCUT2D eigenvalue weighted by atomic mass is 16.6. The summed E-state index contributed by atoms with van der Waals surface area (Å²) in [4.78, 5) is 52.4. The topological polar surface area (TPSA) is 122 Å². The van der Waals surface area contributed by atoms with Gasteiger partial charge in [0.1, 0.15) is 12.6 Å². The fraction of sp³-hybridized carbons (Fsp3) is 0.688. The normalized spacial score (nSPS) is 15.9. The highest BCUT2D eigenvalue weighted by molar-refractivity contribution is 5.92. The number of hydrogen-bond acceptors (Lipinski definition) is 6. The number of nitrogens with zero attached hydrogens (tertiary/aromatic N) is 1. The summed E-state index contributed by atoms with van der Waals surface area (Å²) in [6, 6.07) is 7.76. The van der Waals surface area contributed by atoms with Gasteiger partial charge in [0.05, 0.1) is 18.6 Å². The largest absolute Gasteiger partial charge is 0.481 e. The summed E-state index contributed by atoms with van der Waals surface area (Å²) in [5.74, 6) is -1.56. The number of carbonyl (C=O) groups is 4. The van der Waals surface area contributed by atoms with Crippen LogP contribution in [0, 0.1) is 29.6 Å². The predicted octanol–water partition coefficient (Wildman–Crippen LogP) is 5.56. The first-order valence-corrected chi connectivity index (χ1v) is 14.8. The number of likely N-dealkylation sites (N-methyl/N-ethyl adjacent to an activating group) is 1. The Balaban J connectivity index is 2.93. The van der Waals surface area contributed by atoms with Crippen molar-refractivity contribution in [2.24, 2.45) is 29.6 Å². The molecule has 0 aliphatic rings. The van der Waals surface area contributed by atoms with E-state index < -0.39 is 36.2 Å². The minimum Gasteiger partial charge on any atom is -0.481 e. The number of carboxylic acid groups (broad SMARTS) is 1. The summed E-state index contributed by atoms with van der Waals surface area (Å²) in [5, 5.41) is 12.3. The SMILES string of the molecule is CC[C@H](C)C([C@H](C)CCC(=O)[C@@H](NC(=O)[C@H](C(C)C)N(C)C(=O)OCc1ccccc1)C(C)C)[C@@H](CC(=O)O)OC. The zero-order valence-electron chi connectivity index (χ0n) is 26.4. The molecule has 0 bridgehead atoms. The Bertz CT molecular complexity index is 966. The van der Waals surface area contributed by atoms with E-state index in [0.29, 0.717) is 6.42 Å². The molecule has 0 heterocycles. The zero-order chi connectivity index (χ0) is 31.3. The molecule has 1 aromatic rings. The molecular formula is C32H52N2O7. The highest BCUT2D eigenvalue weighted by Crippen LogP contribution is 2.33. The van der Waals surface area contributed by atoms with Crippen molar-refractivity contribution in [1.29, 1.82) is 0 Å². The predicted molar refractivity (Wildman–Crippen MR) is 159 cm³/mol. The van der Waals surface area contributed by atoms with E-state index in [-0.39, 0.29) is 54.8 Å². The highest BCUT2D eigenvalue weighted by Gasteiger charge is 2.36. The second-order valence-corrected chi connectivity index (χ2v) is 11.9. The number of Topliss-reactive ketones (excluding diaryl/α,β-unsaturated/α-hetero) is 1. The number of carboxylic acids is 1. The maximum Gasteiger partial charge on any atom is 0.410 e. The van der Waals surface area contributed by atoms with Gasteiger partial charge in [-0.3, -0.25) is 19.3 Å². The van der Waals surface area contributed by atoms with Crippen LogP contribution in [0.3, 0.4) is 0 Å². The average molecular weight is 577 g/mol. The van der Waals surface area contributed by atoms with Gasteiger partial charge in [0, 0.05) is 20.6 Å². The number of ether oxygens (including phenoxy) is 2. The van der Waals surface area contributed by atoms with Gasteiger partial charge in [0.15, 0.2) is 5.78 Å². The van der Waals surface area contributed by atoms with Gasteiger partial charge in [-0.1, -0.05) is 85.2 Å². The van der Waals surface area contributed by atoms with Crippen molar-refractivity contribution < 1.29 is 33.8 Å². The van der Waals surface area contributed by atoms with Crippen molar-refractivity contribution in [2.45, 2.75) is 98.9 Å². The fourth-order valence-corrected chi connectivity index (χ4v) is 5.55. The first-order chi connectivity index (χ1) is 19.2. The lowest BCUT2D eigenvalue weighted by molar-refractivity contribution is -0.142. The second-order valence-electron chi connectivity index (χ2n) is 11.9. The van der Waals surface area contributed by atoms with Gasteiger partial charge in [0.2, 0.25) is 5.91 Å². The Kier molecular flexibility index (Phi) is 15.6. The van der Waals surface area contributed by atoms with E-state index in [9.17, 15) is 24.3 Å². The Morgan fingerprint density at radius 2 is 1.56 bits per heavy atom. The zero-order valence-corrected chi connectivity index (χ0v) is 26.4. The maximum absolute atomic E-state index is 13.4. The molecule has 2 N–H and O–H groups in total. The van der Waals surface area contributed by atoms with Crippen LogP contribution in [-0.2, 0) is 30.5 Å². The summed E-state index contributed by atoms with van der Waals surface area (Å²) in [6.45, 7) is 13.7. The lowest BCUT2D eigenvalue weighted by Gasteiger charge is -2.35. The summed E-state index contributed by atoms with van der Waals surface area (Å²) >= 11 is 0. The van der Waals surface area contributed by atoms with E-state index in [2.05, 4.69) is 19.2 Å². The first-order valence-electron chi connectivity index (χ1n) is 14.8. The molecule has 0 saturated heterocycles. The number of aliphatic carboxylic acids is 1. The van der Waals surface area contributed by atoms with Crippen LogP contribution >= 0.6 is 0 Å². The smallest absolute Gasteiger partial charge is 0.410 e. The molecule has 2 amide bonds. The number of nitrogens with one attached hydrogen (secondary N) is 1. The lowest BCUT2D eigenvalue weighted by atomic mass is 9.75. The molecular weight excluding hydrogens is 524 g/mol. The van der Waals surface area contributed by atoms with Gasteiger partial charge in [-0.25, -0.2) is 4.79 Å². The minimum atomic E-state index is -0.912. The molecule has 9 nitrogen and oxygen atoms in total. The Labute approximate surface area is 246 Å². The van der Waals surface area contributed by atoms with Crippen LogP contribution in [0.5, 0.6) is 0 Å². The molecule has 0 aliphatic heterocycles. The van der Waals surface area contributed by atoms with Gasteiger partial charge in [-0.05, 0) is 41.6 Å². The van der Waals surface area contributed by atoms with Crippen molar-refractivity contribution in [1.82, 2.24) is 10.2 Å². The van der Waals surface area contributed by atoms with Crippen molar-refractivity contribution in [3.63, 3.8) is 0 Å². The van der Waals surface area contributed by atoms with E-state index in [1.165, 1.54) is 19.1 Å². The third-order valence-corrected chi connectivity index (χ3v) is 8.03. The van der Waals surface area contributed by atoms with Gasteiger partial charge in [-0.15, -0.1) is 0 Å². The van der Waals surface area contributed by atoms with Gasteiger partial charge < -0.3 is 19.9 Å². The third kappa shape index (κ3) is 11.5. The molecule has 0 saturated carbocycles. The van der Waals surface area contributed by atoms with Crippen LogP contribution in [0.15, 0.2) is 30.3 Å². The van der Waals surface area contributed by atoms with Crippen molar-refractivity contribution in [2.75, 3.05) is 14.2 Å². The van der Waals surface area contributed by atoms with Crippen molar-refractivity contribution in [3.8, 4) is 0 Å². The third-order valence-electron chi connectivity index (χ3n) is 8.03. The molecule has 0 aromatic heterocycles. The van der Waals surface area contributed by atoms with E-state index >= 15 is 0 Å². The molecule has 0 radical (unpaired) electrons. The number of hydrogen-bond donors (Lipinski definition) is 2. The monoisotopic (exact) mass is 576 g/mol. The van der Waals surface area contributed by atoms with E-state index in [4.69, 9.17) is 9.47 Å². The summed E-state index contributed by atoms with van der Waals surface area (Å²) in [6.07, 6.45) is 0.497. The molecule has 0 fully saturated rings. The number of carbonyl (C=O) groups excluding carboxylic acids is 3. The quantitative estimate of drug-likeness (QED) is 0.235. The number of ketones is 1. The van der Waals surface area contributed by atoms with Gasteiger partial charge in [0.25, 0.3) is 0 Å². The van der Waals surface area contributed by atoms with Crippen LogP contribution in [0.4, 0.5) is 4.79 Å². The lowest BCUT2D eigenvalue weighted by Crippen LogP contribution is -2.55. The molecule has 0 spiro atoms. The van der Waals surface area contributed by atoms with Crippen LogP contribution in [0.2, 0.25) is 0 Å². The van der Waals surface area contributed by atoms with Crippen LogP contribution in [0.25, 0.3) is 0 Å². The number of amides is 2. The number of benzene rings is 1. The van der Waals surface area contributed by atoms with E-state index in [1.54, 1.807) is 0 Å². The maximum atomic E-state index is 13.4. The molecule has 1 rings (SSSR count). The summed E-state index contributed by atoms with van der Waals surface area (Å²) in [5.41, 5.74) is 0.842. The Morgan fingerprint density at radius 3 is 2.05 bits per heavy atom. The van der Waals surface area contributed by atoms with Crippen LogP contribution in [0.1, 0.15) is 79.7 Å². The molecule has 9 heteroatoms. The Morgan fingerprint density at radius 1 is 0.951 bits per heavy atom. The molecule has 1 aromatic carbocycles. The fourth-order valence-electron chi connectivity index (χ4n) is 5.55. The van der Waals surface area contributed by atoms with Gasteiger partial charge in [-0.2, -0.15) is 0 Å². The molecule has 41 heavy (non-hydrogen) atoms. The van der Waals surface area contributed by atoms with Crippen LogP contribution in [-0.4, -0.2) is 66.1 Å². The molecule has 232 valence electrons. The molecule has 1 unspecified atom stereocenters. The summed E-state index contributed by atoms with van der Waals surface area (Å²) in [7, 11) is 3.06. The van der Waals surface area contributed by atoms with E-state index in [1.807, 2.05) is 65.0 Å². The van der Waals surface area contributed by atoms with E-state index in [0.717, 1.165) is 12.0 Å². The van der Waals surface area contributed by atoms with Crippen molar-refractivity contribution in [3.05, 3.63) is 35.9 Å². The molecule has 0 aliphatic carbocycles. The van der Waals surface area contributed by atoms with Crippen molar-refractivity contribution >= 4 is 23.8 Å². The average Bonchev–Trinajstić information content (AvgIpc) is 2.92. The first kappa shape index (κ1) is 36.1.